The molecule has 7 atom stereocenters. The summed E-state index contributed by atoms with van der Waals surface area (Å²) in [6.07, 6.45) is -6.36. The minimum absolute atomic E-state index is 0.00424. The summed E-state index contributed by atoms with van der Waals surface area (Å²) in [5.74, 6) is -1.58. The van der Waals surface area contributed by atoms with Crippen molar-refractivity contribution in [3.63, 3.8) is 0 Å². The molecule has 3 heterocycles. The molecule has 0 saturated carbocycles. The predicted octanol–water partition coefficient (Wildman–Crippen LogP) is -3.68. The number of rotatable bonds is 23. The number of carbonyl (C=O) groups excluding carboxylic acids is 3. The number of hydrogen-bond acceptors (Lipinski definition) is 21. The van der Waals surface area contributed by atoms with E-state index in [9.17, 15) is 57.9 Å². The molecular formula is C28H46N8O17P3-3. The van der Waals surface area contributed by atoms with Crippen LogP contribution in [0.4, 0.5) is 5.82 Å². The molecule has 6 N–H and O–H groups in total. The summed E-state index contributed by atoms with van der Waals surface area (Å²) in [7, 11) is -11.6. The van der Waals surface area contributed by atoms with Crippen molar-refractivity contribution < 1.29 is 85.0 Å². The molecule has 0 radical (unpaired) electrons. The van der Waals surface area contributed by atoms with Gasteiger partial charge in [-0.2, -0.15) is 0 Å². The summed E-state index contributed by atoms with van der Waals surface area (Å²) in [6.45, 7) is 0.827. The molecule has 1 aliphatic rings. The second-order valence-electron chi connectivity index (χ2n) is 14.4. The number of hydrogen-bond donors (Lipinski definition) is 5. The lowest BCUT2D eigenvalue weighted by molar-refractivity contribution is -0.870. The van der Waals surface area contributed by atoms with E-state index >= 15 is 0 Å². The van der Waals surface area contributed by atoms with E-state index in [2.05, 4.69) is 43.5 Å². The smallest absolute Gasteiger partial charge is 0.274 e. The summed E-state index contributed by atoms with van der Waals surface area (Å²) >= 11 is 0. The van der Waals surface area contributed by atoms with E-state index in [4.69, 9.17) is 10.5 Å². The summed E-state index contributed by atoms with van der Waals surface area (Å²) in [5, 5.41) is 26.2. The Morgan fingerprint density at radius 2 is 1.66 bits per heavy atom. The molecule has 1 fully saturated rings. The number of aliphatic hydroxyl groups excluding tert-OH is 2. The number of anilines is 1. The number of fused-ring (bicyclic) bond motifs is 1. The first-order valence-electron chi connectivity index (χ1n) is 16.8. The zero-order chi connectivity index (χ0) is 42.3. The van der Waals surface area contributed by atoms with Crippen LogP contribution in [0.3, 0.4) is 0 Å². The fraction of sp³-hybridized carbons (Fsp3) is 0.714. The number of aliphatic hydroxyl groups is 2. The topological polar surface area (TPSA) is 375 Å². The van der Waals surface area contributed by atoms with E-state index < -0.39 is 84.6 Å². The van der Waals surface area contributed by atoms with Gasteiger partial charge in [0, 0.05) is 44.2 Å². The van der Waals surface area contributed by atoms with Crippen molar-refractivity contribution >= 4 is 58.0 Å². The number of ether oxygens (including phenoxy) is 1. The minimum Gasteiger partial charge on any atom is -0.790 e. The van der Waals surface area contributed by atoms with Crippen molar-refractivity contribution in [1.82, 2.24) is 30.2 Å². The lowest BCUT2D eigenvalue weighted by atomic mass is 9.87. The lowest BCUT2D eigenvalue weighted by Gasteiger charge is -2.36. The van der Waals surface area contributed by atoms with Crippen LogP contribution in [0.25, 0.3) is 11.2 Å². The Bertz CT molecular complexity index is 1840. The van der Waals surface area contributed by atoms with Gasteiger partial charge in [0.2, 0.25) is 11.8 Å². The number of nitrogens with two attached hydrogens (primary N) is 1. The normalized spacial score (nSPS) is 22.0. The van der Waals surface area contributed by atoms with Gasteiger partial charge in [-0.1, -0.05) is 13.8 Å². The molecule has 2 amide bonds. The Labute approximate surface area is 320 Å². The number of phosphoric acid groups is 3. The van der Waals surface area contributed by atoms with Crippen LogP contribution in [0, 0.1) is 5.41 Å². The van der Waals surface area contributed by atoms with Crippen LogP contribution in [0.5, 0.6) is 0 Å². The average molecular weight is 860 g/mol. The molecule has 3 rings (SSSR count). The van der Waals surface area contributed by atoms with Gasteiger partial charge in [-0.05, 0) is 0 Å². The molecule has 0 bridgehead atoms. The number of amides is 2. The van der Waals surface area contributed by atoms with E-state index in [1.807, 2.05) is 21.1 Å². The van der Waals surface area contributed by atoms with Gasteiger partial charge in [-0.25, -0.2) is 19.3 Å². The minimum atomic E-state index is -5.91. The van der Waals surface area contributed by atoms with Crippen molar-refractivity contribution in [2.24, 2.45) is 5.41 Å². The van der Waals surface area contributed by atoms with Crippen molar-refractivity contribution in [2.45, 2.75) is 70.2 Å². The Kier molecular flexibility index (Phi) is 16.4. The van der Waals surface area contributed by atoms with Crippen molar-refractivity contribution in [3.05, 3.63) is 12.7 Å². The molecule has 0 aliphatic carbocycles. The van der Waals surface area contributed by atoms with E-state index in [0.29, 0.717) is 12.8 Å². The van der Waals surface area contributed by atoms with Crippen LogP contribution in [0.1, 0.15) is 45.8 Å². The standard InChI is InChI=1S/C28H49N8O17P3/c1-28(2,23(40)26(41)31-11-9-19(38)30-10-8-17(37)7-6-12-36(3,4)5)14-50-56(47,48)53-55(45,46)49-13-18-22(52-54(42,43)44)21(39)27(51-18)35-16-34-20-24(29)32-15-33-25(20)35/h15-16,18,21-23,27,39-40H,6-14H2,1-5H3,(H7-,29,30,31,32,33,38,41,42,43,44,45,46,47,48)/p-3. The van der Waals surface area contributed by atoms with E-state index in [1.165, 1.54) is 13.8 Å². The maximum atomic E-state index is 12.5. The summed E-state index contributed by atoms with van der Waals surface area (Å²) in [6, 6.07) is 0. The fourth-order valence-electron chi connectivity index (χ4n) is 5.13. The first kappa shape index (κ1) is 47.5. The van der Waals surface area contributed by atoms with Gasteiger partial charge in [-0.3, -0.25) is 28.1 Å². The SMILES string of the molecule is CC(C)(COP(=O)([O-])OP(=O)([O-])OCC1OC(n2cnc3c(N)ncnc32)C(O)C1OP(=O)([O-])[O-])C(O)C(=O)NCCC(=O)NCCC(=O)CCC[N+](C)(C)C. The number of ketones is 1. The molecule has 0 spiro atoms. The molecule has 25 nitrogen and oxygen atoms in total. The van der Waals surface area contributed by atoms with Gasteiger partial charge < -0.3 is 73.5 Å². The van der Waals surface area contributed by atoms with E-state index in [1.54, 1.807) is 0 Å². The summed E-state index contributed by atoms with van der Waals surface area (Å²) < 4.78 is 61.2. The first-order valence-corrected chi connectivity index (χ1v) is 21.2. The van der Waals surface area contributed by atoms with Crippen LogP contribution in [-0.4, -0.2) is 130 Å². The Balaban J connectivity index is 1.48. The highest BCUT2D eigenvalue weighted by Crippen LogP contribution is 2.56. The molecule has 1 aliphatic heterocycles. The number of carbonyl (C=O) groups is 3. The molecule has 56 heavy (non-hydrogen) atoms. The molecular weight excluding hydrogens is 813 g/mol. The number of nitrogen functional groups attached to an aromatic ring is 1. The van der Waals surface area contributed by atoms with Crippen LogP contribution in [0.15, 0.2) is 12.7 Å². The predicted molar refractivity (Wildman–Crippen MR) is 183 cm³/mol. The van der Waals surface area contributed by atoms with Crippen molar-refractivity contribution in [1.29, 1.82) is 0 Å². The van der Waals surface area contributed by atoms with Crippen molar-refractivity contribution in [3.8, 4) is 0 Å². The van der Waals surface area contributed by atoms with Crippen LogP contribution >= 0.6 is 23.5 Å². The fourth-order valence-corrected chi connectivity index (χ4v) is 7.87. The monoisotopic (exact) mass is 859 g/mol. The number of nitrogens with zero attached hydrogens (tertiary/aromatic N) is 5. The third kappa shape index (κ3) is 14.8. The van der Waals surface area contributed by atoms with Crippen molar-refractivity contribution in [2.75, 3.05) is 59.7 Å². The molecule has 2 aromatic heterocycles. The highest BCUT2D eigenvalue weighted by molar-refractivity contribution is 7.59. The Morgan fingerprint density at radius 1 is 1.02 bits per heavy atom. The number of Topliss-reactive ketones (excluding diaryl/α,β-unsaturated/α-hetero) is 1. The van der Waals surface area contributed by atoms with Gasteiger partial charge >= 0.3 is 0 Å². The van der Waals surface area contributed by atoms with Gasteiger partial charge in [0.1, 0.15) is 42.0 Å². The molecule has 7 unspecified atom stereocenters. The maximum Gasteiger partial charge on any atom is 0.274 e. The van der Waals surface area contributed by atoms with E-state index in [0.717, 1.165) is 28.2 Å². The second kappa shape index (κ2) is 19.3. The highest BCUT2D eigenvalue weighted by Gasteiger charge is 2.47. The third-order valence-electron chi connectivity index (χ3n) is 8.06. The number of imidazole rings is 1. The van der Waals surface area contributed by atoms with Gasteiger partial charge in [-0.15, -0.1) is 0 Å². The van der Waals surface area contributed by atoms with Crippen LogP contribution in [0.2, 0.25) is 0 Å². The zero-order valence-corrected chi connectivity index (χ0v) is 33.8. The number of nitrogens with one attached hydrogen (secondary N) is 2. The Morgan fingerprint density at radius 3 is 2.30 bits per heavy atom. The maximum absolute atomic E-state index is 12.5. The lowest BCUT2D eigenvalue weighted by Crippen LogP contribution is -2.46. The molecule has 28 heteroatoms. The van der Waals surface area contributed by atoms with Crippen LogP contribution < -0.4 is 35.9 Å². The zero-order valence-electron chi connectivity index (χ0n) is 31.1. The van der Waals surface area contributed by atoms with Crippen LogP contribution in [-0.2, 0) is 50.7 Å². The first-order chi connectivity index (χ1) is 25.7. The molecule has 0 aromatic carbocycles. The average Bonchev–Trinajstić information content (AvgIpc) is 3.62. The largest absolute Gasteiger partial charge is 0.790 e. The number of phosphoric ester groups is 3. The second-order valence-corrected chi connectivity index (χ2v) is 18.5. The number of aromatic nitrogens is 4. The number of quaternary nitrogens is 1. The Hall–Kier alpha value is -2.83. The molecule has 1 saturated heterocycles. The van der Waals surface area contributed by atoms with Gasteiger partial charge in [0.05, 0.1) is 55.1 Å². The molecule has 2 aromatic rings. The van der Waals surface area contributed by atoms with E-state index in [-0.39, 0.29) is 48.7 Å². The quantitative estimate of drug-likeness (QED) is 0.0531. The highest BCUT2D eigenvalue weighted by atomic mass is 31.3. The summed E-state index contributed by atoms with van der Waals surface area (Å²) in [4.78, 5) is 96.1. The van der Waals surface area contributed by atoms with Gasteiger partial charge in [0.15, 0.2) is 17.7 Å². The summed E-state index contributed by atoms with van der Waals surface area (Å²) in [5.41, 5.74) is 4.07. The third-order valence-corrected chi connectivity index (χ3v) is 11.1. The van der Waals surface area contributed by atoms with Gasteiger partial charge in [0.25, 0.3) is 15.6 Å². The molecule has 318 valence electrons.